The Balaban J connectivity index is 1.95. The van der Waals surface area contributed by atoms with Crippen molar-refractivity contribution < 1.29 is 9.53 Å². The van der Waals surface area contributed by atoms with Crippen LogP contribution in [0.25, 0.3) is 0 Å². The zero-order chi connectivity index (χ0) is 17.2. The van der Waals surface area contributed by atoms with Gasteiger partial charge in [0.25, 0.3) is 5.91 Å². The number of rotatable bonds is 8. The Kier molecular flexibility index (Phi) is 7.02. The highest BCUT2D eigenvalue weighted by molar-refractivity contribution is 6.01. The van der Waals surface area contributed by atoms with E-state index in [-0.39, 0.29) is 12.5 Å². The maximum absolute atomic E-state index is 12.0. The summed E-state index contributed by atoms with van der Waals surface area (Å²) < 4.78 is 5.54. The van der Waals surface area contributed by atoms with E-state index in [2.05, 4.69) is 17.5 Å². The molecule has 0 aliphatic carbocycles. The number of carbonyl (C=O) groups is 1. The summed E-state index contributed by atoms with van der Waals surface area (Å²) >= 11 is 0. The maximum atomic E-state index is 12.0. The van der Waals surface area contributed by atoms with Crippen molar-refractivity contribution >= 4 is 11.6 Å². The van der Waals surface area contributed by atoms with E-state index in [4.69, 9.17) is 4.74 Å². The number of amides is 1. The molecule has 24 heavy (non-hydrogen) atoms. The molecule has 1 N–H and O–H groups in total. The first-order chi connectivity index (χ1) is 11.7. The Labute approximate surface area is 143 Å². The average molecular weight is 324 g/mol. The van der Waals surface area contributed by atoms with E-state index in [0.29, 0.717) is 5.75 Å². The molecule has 0 aliphatic rings. The van der Waals surface area contributed by atoms with Crippen molar-refractivity contribution in [2.45, 2.75) is 33.1 Å². The number of unbranched alkanes of at least 4 members (excludes halogenated alkanes) is 1. The lowest BCUT2D eigenvalue weighted by molar-refractivity contribution is -0.123. The lowest BCUT2D eigenvalue weighted by Crippen LogP contribution is -2.26. The van der Waals surface area contributed by atoms with Crippen molar-refractivity contribution in [3.05, 3.63) is 65.7 Å². The van der Waals surface area contributed by atoms with Crippen LogP contribution >= 0.6 is 0 Å². The fourth-order valence-electron chi connectivity index (χ4n) is 2.26. The van der Waals surface area contributed by atoms with Gasteiger partial charge in [-0.3, -0.25) is 4.79 Å². The van der Waals surface area contributed by atoms with Gasteiger partial charge in [-0.1, -0.05) is 61.9 Å². The van der Waals surface area contributed by atoms with Gasteiger partial charge in [-0.2, -0.15) is 5.10 Å². The topological polar surface area (TPSA) is 50.7 Å². The Morgan fingerprint density at radius 2 is 1.79 bits per heavy atom. The second-order valence-electron chi connectivity index (χ2n) is 5.62. The number of hydrazone groups is 1. The van der Waals surface area contributed by atoms with Crippen LogP contribution < -0.4 is 10.2 Å². The molecule has 4 heteroatoms. The predicted molar refractivity (Wildman–Crippen MR) is 97.3 cm³/mol. The highest BCUT2D eigenvalue weighted by Gasteiger charge is 2.06. The van der Waals surface area contributed by atoms with Gasteiger partial charge in [-0.05, 0) is 37.0 Å². The van der Waals surface area contributed by atoms with Gasteiger partial charge in [0, 0.05) is 0 Å². The quantitative estimate of drug-likeness (QED) is 0.587. The van der Waals surface area contributed by atoms with Crippen LogP contribution in [-0.2, 0) is 4.79 Å². The van der Waals surface area contributed by atoms with Gasteiger partial charge < -0.3 is 4.74 Å². The number of nitrogens with one attached hydrogen (secondary N) is 1. The molecule has 1 amide bonds. The normalized spacial score (nSPS) is 11.2. The third-order valence-electron chi connectivity index (χ3n) is 3.64. The van der Waals surface area contributed by atoms with Crippen LogP contribution in [0.15, 0.2) is 59.7 Å². The van der Waals surface area contributed by atoms with Gasteiger partial charge in [0.2, 0.25) is 0 Å². The molecule has 0 fully saturated rings. The number of para-hydroxylation sites is 1. The SMILES string of the molecule is CCCC/C(=N/NC(=O)COc1ccccc1C)c1ccccc1. The lowest BCUT2D eigenvalue weighted by atomic mass is 10.1. The Hall–Kier alpha value is -2.62. The highest BCUT2D eigenvalue weighted by atomic mass is 16.5. The zero-order valence-electron chi connectivity index (χ0n) is 14.3. The molecule has 2 aromatic carbocycles. The second kappa shape index (κ2) is 9.50. The van der Waals surface area contributed by atoms with E-state index in [1.807, 2.05) is 61.5 Å². The third-order valence-corrected chi connectivity index (χ3v) is 3.64. The van der Waals surface area contributed by atoms with E-state index < -0.39 is 0 Å². The number of nitrogens with zero attached hydrogens (tertiary/aromatic N) is 1. The average Bonchev–Trinajstić information content (AvgIpc) is 2.62. The summed E-state index contributed by atoms with van der Waals surface area (Å²) in [5.74, 6) is 0.453. The summed E-state index contributed by atoms with van der Waals surface area (Å²) in [4.78, 5) is 12.0. The standard InChI is InChI=1S/C20H24N2O2/c1-3-4-13-18(17-11-6-5-7-12-17)21-22-20(23)15-24-19-14-9-8-10-16(19)2/h5-12,14H,3-4,13,15H2,1-2H3,(H,22,23)/b21-18-. The fraction of sp³-hybridized carbons (Fsp3) is 0.300. The van der Waals surface area contributed by atoms with Crippen molar-refractivity contribution in [1.82, 2.24) is 5.43 Å². The zero-order valence-corrected chi connectivity index (χ0v) is 14.3. The molecule has 2 aromatic rings. The highest BCUT2D eigenvalue weighted by Crippen LogP contribution is 2.15. The summed E-state index contributed by atoms with van der Waals surface area (Å²) in [6.45, 7) is 4.03. The number of aryl methyl sites for hydroxylation is 1. The summed E-state index contributed by atoms with van der Waals surface area (Å²) in [6, 6.07) is 17.5. The van der Waals surface area contributed by atoms with Crippen molar-refractivity contribution in [2.75, 3.05) is 6.61 Å². The number of carbonyl (C=O) groups excluding carboxylic acids is 1. The van der Waals surface area contributed by atoms with Gasteiger partial charge >= 0.3 is 0 Å². The van der Waals surface area contributed by atoms with E-state index in [9.17, 15) is 4.79 Å². The predicted octanol–water partition coefficient (Wildman–Crippen LogP) is 4.08. The molecule has 0 unspecified atom stereocenters. The van der Waals surface area contributed by atoms with Crippen LogP contribution in [0.2, 0.25) is 0 Å². The molecule has 0 saturated carbocycles. The van der Waals surface area contributed by atoms with Gasteiger partial charge in [0.05, 0.1) is 5.71 Å². The fourth-order valence-corrected chi connectivity index (χ4v) is 2.26. The molecule has 0 heterocycles. The Bertz CT molecular complexity index is 681. The molecule has 0 aromatic heterocycles. The molecular weight excluding hydrogens is 300 g/mol. The van der Waals surface area contributed by atoms with Crippen LogP contribution in [0, 0.1) is 6.92 Å². The molecule has 0 saturated heterocycles. The van der Waals surface area contributed by atoms with Gasteiger partial charge in [0.15, 0.2) is 6.61 Å². The lowest BCUT2D eigenvalue weighted by Gasteiger charge is -2.09. The van der Waals surface area contributed by atoms with E-state index >= 15 is 0 Å². The van der Waals surface area contributed by atoms with Crippen LogP contribution in [-0.4, -0.2) is 18.2 Å². The molecule has 0 aliphatic heterocycles. The first-order valence-corrected chi connectivity index (χ1v) is 8.30. The second-order valence-corrected chi connectivity index (χ2v) is 5.62. The molecule has 0 radical (unpaired) electrons. The van der Waals surface area contributed by atoms with Gasteiger partial charge in [-0.15, -0.1) is 0 Å². The first-order valence-electron chi connectivity index (χ1n) is 8.30. The summed E-state index contributed by atoms with van der Waals surface area (Å²) in [6.07, 6.45) is 2.94. The molecule has 4 nitrogen and oxygen atoms in total. The van der Waals surface area contributed by atoms with Crippen LogP contribution in [0.4, 0.5) is 0 Å². The first kappa shape index (κ1) is 17.7. The van der Waals surface area contributed by atoms with Crippen LogP contribution in [0.3, 0.4) is 0 Å². The smallest absolute Gasteiger partial charge is 0.277 e. The van der Waals surface area contributed by atoms with Crippen molar-refractivity contribution in [3.8, 4) is 5.75 Å². The van der Waals surface area contributed by atoms with E-state index in [1.165, 1.54) is 0 Å². The van der Waals surface area contributed by atoms with Crippen LogP contribution in [0.1, 0.15) is 37.3 Å². The Morgan fingerprint density at radius 3 is 2.50 bits per heavy atom. The van der Waals surface area contributed by atoms with Gasteiger partial charge in [-0.25, -0.2) is 5.43 Å². The monoisotopic (exact) mass is 324 g/mol. The number of ether oxygens (including phenoxy) is 1. The van der Waals surface area contributed by atoms with E-state index in [0.717, 1.165) is 36.1 Å². The minimum absolute atomic E-state index is 0.0514. The van der Waals surface area contributed by atoms with Gasteiger partial charge in [0.1, 0.15) is 5.75 Å². The molecule has 0 spiro atoms. The molecule has 0 bridgehead atoms. The van der Waals surface area contributed by atoms with Crippen LogP contribution in [0.5, 0.6) is 5.75 Å². The third kappa shape index (κ3) is 5.54. The summed E-state index contributed by atoms with van der Waals surface area (Å²) in [5, 5.41) is 4.30. The van der Waals surface area contributed by atoms with Crippen molar-refractivity contribution in [1.29, 1.82) is 0 Å². The largest absolute Gasteiger partial charge is 0.483 e. The number of hydrogen-bond acceptors (Lipinski definition) is 3. The minimum Gasteiger partial charge on any atom is -0.483 e. The minimum atomic E-state index is -0.261. The maximum Gasteiger partial charge on any atom is 0.277 e. The summed E-state index contributed by atoms with van der Waals surface area (Å²) in [5.41, 5.74) is 5.53. The van der Waals surface area contributed by atoms with Crippen molar-refractivity contribution in [2.24, 2.45) is 5.10 Å². The number of hydrogen-bond donors (Lipinski definition) is 1. The molecular formula is C20H24N2O2. The molecule has 0 atom stereocenters. The molecule has 2 rings (SSSR count). The Morgan fingerprint density at radius 1 is 1.08 bits per heavy atom. The van der Waals surface area contributed by atoms with E-state index in [1.54, 1.807) is 0 Å². The summed E-state index contributed by atoms with van der Waals surface area (Å²) in [7, 11) is 0. The van der Waals surface area contributed by atoms with Crippen molar-refractivity contribution in [3.63, 3.8) is 0 Å². The molecule has 126 valence electrons. The number of benzene rings is 2.